The Balaban J connectivity index is 1.66. The highest BCUT2D eigenvalue weighted by Gasteiger charge is 2.12. The van der Waals surface area contributed by atoms with E-state index in [4.69, 9.17) is 4.74 Å². The first-order valence-electron chi connectivity index (χ1n) is 9.41. The van der Waals surface area contributed by atoms with Crippen LogP contribution >= 0.6 is 11.8 Å². The maximum atomic E-state index is 12.7. The summed E-state index contributed by atoms with van der Waals surface area (Å²) >= 11 is 1.42. The fourth-order valence-corrected chi connectivity index (χ4v) is 3.55. The van der Waals surface area contributed by atoms with E-state index in [-0.39, 0.29) is 17.8 Å². The number of benzene rings is 3. The Labute approximate surface area is 175 Å². The van der Waals surface area contributed by atoms with Gasteiger partial charge in [0.2, 0.25) is 0 Å². The van der Waals surface area contributed by atoms with Gasteiger partial charge in [-0.1, -0.05) is 48.5 Å². The Morgan fingerprint density at radius 2 is 1.59 bits per heavy atom. The van der Waals surface area contributed by atoms with E-state index in [9.17, 15) is 9.59 Å². The molecule has 1 N–H and O–H groups in total. The van der Waals surface area contributed by atoms with Crippen molar-refractivity contribution in [3.63, 3.8) is 0 Å². The molecule has 3 rings (SSSR count). The summed E-state index contributed by atoms with van der Waals surface area (Å²) in [5, 5.41) is 2.91. The number of thioether (sulfide) groups is 1. The molecule has 0 aromatic heterocycles. The molecule has 5 heteroatoms. The topological polar surface area (TPSA) is 55.4 Å². The van der Waals surface area contributed by atoms with Crippen LogP contribution in [-0.2, 0) is 0 Å². The van der Waals surface area contributed by atoms with Gasteiger partial charge in [0, 0.05) is 16.0 Å². The van der Waals surface area contributed by atoms with Crippen LogP contribution in [0.5, 0.6) is 5.75 Å². The fraction of sp³-hybridized carbons (Fsp3) is 0.167. The molecule has 0 bridgehead atoms. The SMILES string of the molecule is CC(C)Oc1ccccc1NC(=O)c1cccc(SCC(=O)c2ccccc2)c1. The summed E-state index contributed by atoms with van der Waals surface area (Å²) in [6.07, 6.45) is 0.00920. The van der Waals surface area contributed by atoms with Gasteiger partial charge in [0.05, 0.1) is 17.5 Å². The predicted octanol–water partition coefficient (Wildman–Crippen LogP) is 5.70. The van der Waals surface area contributed by atoms with Crippen LogP contribution in [0.1, 0.15) is 34.6 Å². The molecule has 3 aromatic carbocycles. The van der Waals surface area contributed by atoms with Crippen LogP contribution in [0, 0.1) is 0 Å². The van der Waals surface area contributed by atoms with E-state index in [1.165, 1.54) is 11.8 Å². The molecule has 0 saturated heterocycles. The molecule has 1 amide bonds. The Hall–Kier alpha value is -3.05. The van der Waals surface area contributed by atoms with Gasteiger partial charge < -0.3 is 10.1 Å². The van der Waals surface area contributed by atoms with Gasteiger partial charge in [-0.3, -0.25) is 9.59 Å². The molecular weight excluding hydrogens is 382 g/mol. The first-order valence-corrected chi connectivity index (χ1v) is 10.4. The van der Waals surface area contributed by atoms with E-state index in [1.54, 1.807) is 12.1 Å². The second-order valence-electron chi connectivity index (χ2n) is 6.72. The summed E-state index contributed by atoms with van der Waals surface area (Å²) in [5.74, 6) is 0.793. The molecule has 0 aliphatic heterocycles. The van der Waals surface area contributed by atoms with Crippen molar-refractivity contribution in [2.45, 2.75) is 24.8 Å². The molecule has 0 spiro atoms. The maximum Gasteiger partial charge on any atom is 0.255 e. The third-order valence-electron chi connectivity index (χ3n) is 4.06. The first-order chi connectivity index (χ1) is 14.0. The zero-order valence-corrected chi connectivity index (χ0v) is 17.2. The molecule has 148 valence electrons. The first kappa shape index (κ1) is 20.7. The number of amides is 1. The summed E-state index contributed by atoms with van der Waals surface area (Å²) in [7, 11) is 0. The predicted molar refractivity (Wildman–Crippen MR) is 118 cm³/mol. The van der Waals surface area contributed by atoms with E-state index in [0.29, 0.717) is 28.3 Å². The molecule has 0 heterocycles. The van der Waals surface area contributed by atoms with E-state index in [1.807, 2.05) is 80.6 Å². The Kier molecular flexibility index (Phi) is 7.09. The number of carbonyl (C=O) groups excluding carboxylic acids is 2. The Morgan fingerprint density at radius 3 is 2.34 bits per heavy atom. The van der Waals surface area contributed by atoms with Crippen molar-refractivity contribution in [3.05, 3.63) is 90.0 Å². The van der Waals surface area contributed by atoms with Gasteiger partial charge in [-0.15, -0.1) is 11.8 Å². The van der Waals surface area contributed by atoms with Gasteiger partial charge in [0.1, 0.15) is 5.75 Å². The minimum absolute atomic E-state index is 0.00920. The number of para-hydroxylation sites is 2. The normalized spacial score (nSPS) is 10.6. The standard InChI is InChI=1S/C24H23NO3S/c1-17(2)28-23-14-7-6-13-21(23)25-24(27)19-11-8-12-20(15-19)29-16-22(26)18-9-4-3-5-10-18/h3-15,17H,16H2,1-2H3,(H,25,27). The number of nitrogens with one attached hydrogen (secondary N) is 1. The number of ether oxygens (including phenoxy) is 1. The highest BCUT2D eigenvalue weighted by Crippen LogP contribution is 2.26. The molecule has 0 fully saturated rings. The van der Waals surface area contributed by atoms with Gasteiger partial charge in [-0.25, -0.2) is 0 Å². The lowest BCUT2D eigenvalue weighted by Crippen LogP contribution is -2.14. The number of ketones is 1. The summed E-state index contributed by atoms with van der Waals surface area (Å²) in [4.78, 5) is 25.9. The molecule has 4 nitrogen and oxygen atoms in total. The highest BCUT2D eigenvalue weighted by atomic mass is 32.2. The van der Waals surface area contributed by atoms with E-state index >= 15 is 0 Å². The van der Waals surface area contributed by atoms with E-state index in [2.05, 4.69) is 5.32 Å². The van der Waals surface area contributed by atoms with Gasteiger partial charge in [0.25, 0.3) is 5.91 Å². The van der Waals surface area contributed by atoms with Gasteiger partial charge in [0.15, 0.2) is 5.78 Å². The Morgan fingerprint density at radius 1 is 0.897 bits per heavy atom. The molecule has 29 heavy (non-hydrogen) atoms. The zero-order chi connectivity index (χ0) is 20.6. The van der Waals surface area contributed by atoms with Crippen LogP contribution in [0.3, 0.4) is 0 Å². The molecule has 0 aliphatic carbocycles. The summed E-state index contributed by atoms with van der Waals surface area (Å²) in [6, 6.07) is 23.8. The van der Waals surface area contributed by atoms with Crippen molar-refractivity contribution in [3.8, 4) is 5.75 Å². The number of hydrogen-bond donors (Lipinski definition) is 1. The fourth-order valence-electron chi connectivity index (χ4n) is 2.70. The molecule has 0 unspecified atom stereocenters. The van der Waals surface area contributed by atoms with Gasteiger partial charge in [-0.2, -0.15) is 0 Å². The average Bonchev–Trinajstić information content (AvgIpc) is 2.74. The van der Waals surface area contributed by atoms with Crippen LogP contribution in [0.2, 0.25) is 0 Å². The van der Waals surface area contributed by atoms with Crippen LogP contribution in [-0.4, -0.2) is 23.5 Å². The minimum atomic E-state index is -0.221. The van der Waals surface area contributed by atoms with Crippen molar-refractivity contribution in [1.29, 1.82) is 0 Å². The van der Waals surface area contributed by atoms with Crippen molar-refractivity contribution >= 4 is 29.1 Å². The molecule has 0 aliphatic rings. The minimum Gasteiger partial charge on any atom is -0.489 e. The second-order valence-corrected chi connectivity index (χ2v) is 7.77. The van der Waals surface area contributed by atoms with Crippen LogP contribution < -0.4 is 10.1 Å². The van der Waals surface area contributed by atoms with Crippen molar-refractivity contribution in [2.24, 2.45) is 0 Å². The largest absolute Gasteiger partial charge is 0.489 e. The molecule has 0 atom stereocenters. The van der Waals surface area contributed by atoms with Crippen LogP contribution in [0.15, 0.2) is 83.8 Å². The van der Waals surface area contributed by atoms with Crippen molar-refractivity contribution in [1.82, 2.24) is 0 Å². The quantitative estimate of drug-likeness (QED) is 0.386. The Bertz CT molecular complexity index is 986. The average molecular weight is 406 g/mol. The number of carbonyl (C=O) groups is 2. The number of rotatable bonds is 8. The maximum absolute atomic E-state index is 12.7. The van der Waals surface area contributed by atoms with Crippen LogP contribution in [0.4, 0.5) is 5.69 Å². The van der Waals surface area contributed by atoms with E-state index < -0.39 is 0 Å². The molecule has 0 saturated carbocycles. The lowest BCUT2D eigenvalue weighted by molar-refractivity contribution is 0.101. The summed E-state index contributed by atoms with van der Waals surface area (Å²) in [5.41, 5.74) is 1.85. The number of Topliss-reactive ketones (excluding diaryl/α,β-unsaturated/α-hetero) is 1. The van der Waals surface area contributed by atoms with E-state index in [0.717, 1.165) is 4.90 Å². The second kappa shape index (κ2) is 9.94. The van der Waals surface area contributed by atoms with Crippen LogP contribution in [0.25, 0.3) is 0 Å². The summed E-state index contributed by atoms with van der Waals surface area (Å²) < 4.78 is 5.76. The third kappa shape index (κ3) is 5.96. The summed E-state index contributed by atoms with van der Waals surface area (Å²) in [6.45, 7) is 3.88. The number of anilines is 1. The molecule has 0 radical (unpaired) electrons. The number of hydrogen-bond acceptors (Lipinski definition) is 4. The van der Waals surface area contributed by atoms with Crippen molar-refractivity contribution < 1.29 is 14.3 Å². The molecular formula is C24H23NO3S. The zero-order valence-electron chi connectivity index (χ0n) is 16.4. The van der Waals surface area contributed by atoms with Gasteiger partial charge >= 0.3 is 0 Å². The third-order valence-corrected chi connectivity index (χ3v) is 5.05. The van der Waals surface area contributed by atoms with Crippen molar-refractivity contribution in [2.75, 3.05) is 11.1 Å². The highest BCUT2D eigenvalue weighted by molar-refractivity contribution is 8.00. The van der Waals surface area contributed by atoms with Gasteiger partial charge in [-0.05, 0) is 44.2 Å². The lowest BCUT2D eigenvalue weighted by atomic mass is 10.2. The monoisotopic (exact) mass is 405 g/mol. The lowest BCUT2D eigenvalue weighted by Gasteiger charge is -2.15. The smallest absolute Gasteiger partial charge is 0.255 e. The molecule has 3 aromatic rings.